The summed E-state index contributed by atoms with van der Waals surface area (Å²) in [7, 11) is -4.14. The lowest BCUT2D eigenvalue weighted by atomic mass is 10.1. The number of nitrogens with one attached hydrogen (secondary N) is 1. The predicted molar refractivity (Wildman–Crippen MR) is 149 cm³/mol. The number of anilines is 1. The highest BCUT2D eigenvalue weighted by Crippen LogP contribution is 2.48. The smallest absolute Gasteiger partial charge is 0.351 e. The normalized spacial score (nSPS) is 27.0. The molecule has 0 radical (unpaired) electrons. The van der Waals surface area contributed by atoms with Gasteiger partial charge in [-0.05, 0) is 28.2 Å². The van der Waals surface area contributed by atoms with E-state index in [1.807, 2.05) is 0 Å². The van der Waals surface area contributed by atoms with Gasteiger partial charge in [-0.25, -0.2) is 4.79 Å². The van der Waals surface area contributed by atoms with Crippen LogP contribution in [0, 0.1) is 0 Å². The SMILES string of the molecule is CNC(=O)CCO[C@@H]1[C@@H]2O[Si](C(C)C)(C(C)C)O[Si](C(C)C)(C(C)C)OC[C@H]2O[C@H]1n1ccc(N)nc1=O. The minimum Gasteiger partial charge on any atom is -0.414 e. The lowest BCUT2D eigenvalue weighted by Gasteiger charge is -2.51. The monoisotopic (exact) mass is 570 g/mol. The lowest BCUT2D eigenvalue weighted by Crippen LogP contribution is -2.66. The molecule has 1 aromatic rings. The number of hydrogen-bond acceptors (Lipinski definition) is 9. The number of nitrogens with two attached hydrogens (primary N) is 1. The van der Waals surface area contributed by atoms with Gasteiger partial charge in [0.1, 0.15) is 24.1 Å². The van der Waals surface area contributed by atoms with Gasteiger partial charge in [0, 0.05) is 19.7 Å². The second-order valence-electron chi connectivity index (χ2n) is 11.4. The Kier molecular flexibility index (Phi) is 9.99. The molecule has 0 unspecified atom stereocenters. The van der Waals surface area contributed by atoms with E-state index in [2.05, 4.69) is 65.7 Å². The molecule has 13 heteroatoms. The number of nitrogens with zero attached hydrogens (tertiary/aromatic N) is 2. The highest BCUT2D eigenvalue weighted by atomic mass is 28.5. The van der Waals surface area contributed by atoms with Gasteiger partial charge in [-0.3, -0.25) is 9.36 Å². The zero-order valence-corrected chi connectivity index (χ0v) is 26.2. The number of aromatic nitrogens is 2. The van der Waals surface area contributed by atoms with Gasteiger partial charge in [0.25, 0.3) is 0 Å². The molecule has 2 aliphatic rings. The molecule has 3 heterocycles. The van der Waals surface area contributed by atoms with Crippen LogP contribution >= 0.6 is 0 Å². The maximum Gasteiger partial charge on any atom is 0.351 e. The number of carbonyl (C=O) groups is 1. The summed E-state index contributed by atoms with van der Waals surface area (Å²) >= 11 is 0. The molecule has 1 aromatic heterocycles. The molecule has 0 spiro atoms. The van der Waals surface area contributed by atoms with Crippen LogP contribution in [0.25, 0.3) is 0 Å². The molecule has 0 saturated carbocycles. The van der Waals surface area contributed by atoms with Gasteiger partial charge in [0.05, 0.1) is 13.2 Å². The van der Waals surface area contributed by atoms with Gasteiger partial charge in [-0.1, -0.05) is 55.4 Å². The molecule has 2 saturated heterocycles. The molecule has 3 rings (SSSR count). The van der Waals surface area contributed by atoms with Crippen molar-refractivity contribution >= 4 is 28.8 Å². The number of fused-ring (bicyclic) bond motifs is 1. The van der Waals surface area contributed by atoms with E-state index >= 15 is 0 Å². The van der Waals surface area contributed by atoms with Crippen molar-refractivity contribution in [2.75, 3.05) is 26.0 Å². The highest BCUT2D eigenvalue weighted by Gasteiger charge is 2.62. The molecule has 0 aromatic carbocycles. The summed E-state index contributed by atoms with van der Waals surface area (Å²) < 4.78 is 35.4. The largest absolute Gasteiger partial charge is 0.414 e. The van der Waals surface area contributed by atoms with Crippen molar-refractivity contribution in [2.45, 2.75) is 109 Å². The number of rotatable bonds is 9. The van der Waals surface area contributed by atoms with Gasteiger partial charge in [-0.2, -0.15) is 4.98 Å². The van der Waals surface area contributed by atoms with E-state index in [0.717, 1.165) is 0 Å². The first kappa shape index (κ1) is 30.9. The third kappa shape index (κ3) is 5.93. The number of amides is 1. The minimum absolute atomic E-state index is 0.112. The fourth-order valence-corrected chi connectivity index (χ4v) is 16.8. The predicted octanol–water partition coefficient (Wildman–Crippen LogP) is 3.20. The second kappa shape index (κ2) is 12.3. The van der Waals surface area contributed by atoms with E-state index in [-0.39, 0.29) is 53.5 Å². The van der Waals surface area contributed by atoms with Crippen LogP contribution in [-0.4, -0.2) is 71.2 Å². The van der Waals surface area contributed by atoms with E-state index in [4.69, 9.17) is 28.2 Å². The molecule has 11 nitrogen and oxygen atoms in total. The van der Waals surface area contributed by atoms with Crippen LogP contribution in [0.2, 0.25) is 22.2 Å². The maximum absolute atomic E-state index is 12.9. The summed E-state index contributed by atoms with van der Waals surface area (Å²) in [5, 5.41) is 2.61. The first-order valence-corrected chi connectivity index (χ1v) is 17.6. The van der Waals surface area contributed by atoms with Gasteiger partial charge in [-0.15, -0.1) is 0 Å². The van der Waals surface area contributed by atoms with E-state index in [0.29, 0.717) is 0 Å². The first-order chi connectivity index (χ1) is 17.8. The molecule has 2 aliphatic heterocycles. The highest BCUT2D eigenvalue weighted by molar-refractivity contribution is 6.84. The van der Waals surface area contributed by atoms with Gasteiger partial charge in [0.15, 0.2) is 6.23 Å². The molecule has 38 heavy (non-hydrogen) atoms. The Labute approximate surface area is 228 Å². The Morgan fingerprint density at radius 3 is 2.26 bits per heavy atom. The van der Waals surface area contributed by atoms with Crippen LogP contribution in [0.1, 0.15) is 68.0 Å². The Morgan fingerprint density at radius 1 is 1.13 bits per heavy atom. The summed E-state index contributed by atoms with van der Waals surface area (Å²) in [5.41, 5.74) is 5.79. The van der Waals surface area contributed by atoms with Crippen molar-refractivity contribution in [3.63, 3.8) is 0 Å². The summed E-state index contributed by atoms with van der Waals surface area (Å²) in [4.78, 5) is 28.7. The molecule has 216 valence electrons. The number of ether oxygens (including phenoxy) is 2. The minimum atomic E-state index is -2.96. The lowest BCUT2D eigenvalue weighted by molar-refractivity contribution is -0.124. The van der Waals surface area contributed by atoms with Crippen molar-refractivity contribution in [1.29, 1.82) is 0 Å². The Bertz CT molecular complexity index is 1000. The fourth-order valence-electron chi connectivity index (χ4n) is 5.56. The topological polar surface area (TPSA) is 136 Å². The van der Waals surface area contributed by atoms with Crippen molar-refractivity contribution in [3.05, 3.63) is 22.7 Å². The van der Waals surface area contributed by atoms with E-state index < -0.39 is 47.4 Å². The van der Waals surface area contributed by atoms with E-state index in [1.54, 1.807) is 19.3 Å². The molecular weight excluding hydrogens is 524 g/mol. The van der Waals surface area contributed by atoms with Gasteiger partial charge >= 0.3 is 22.8 Å². The quantitative estimate of drug-likeness (QED) is 0.429. The van der Waals surface area contributed by atoms with E-state index in [9.17, 15) is 9.59 Å². The van der Waals surface area contributed by atoms with Crippen LogP contribution in [-0.2, 0) is 27.2 Å². The summed E-state index contributed by atoms with van der Waals surface area (Å²) in [6.07, 6.45) is -0.900. The third-order valence-corrected chi connectivity index (χ3v) is 17.9. The summed E-state index contributed by atoms with van der Waals surface area (Å²) in [5.74, 6) is -0.0256. The van der Waals surface area contributed by atoms with Crippen LogP contribution in [0.4, 0.5) is 5.82 Å². The van der Waals surface area contributed by atoms with Crippen molar-refractivity contribution in [2.24, 2.45) is 0 Å². The van der Waals surface area contributed by atoms with Crippen LogP contribution in [0.15, 0.2) is 17.1 Å². The molecular formula is C25H46N4O7Si2. The van der Waals surface area contributed by atoms with Crippen molar-refractivity contribution in [3.8, 4) is 0 Å². The zero-order valence-electron chi connectivity index (χ0n) is 24.2. The average Bonchev–Trinajstić information content (AvgIpc) is 3.14. The molecule has 0 aliphatic carbocycles. The molecule has 1 amide bonds. The molecule has 0 bridgehead atoms. The Balaban J connectivity index is 2.10. The van der Waals surface area contributed by atoms with Gasteiger partial charge < -0.3 is 33.5 Å². The van der Waals surface area contributed by atoms with Crippen molar-refractivity contribution < 1.29 is 27.2 Å². The average molecular weight is 571 g/mol. The Hall–Kier alpha value is -1.62. The third-order valence-electron chi connectivity index (χ3n) is 7.66. The Morgan fingerprint density at radius 2 is 1.74 bits per heavy atom. The molecule has 3 N–H and O–H groups in total. The summed E-state index contributed by atoms with van der Waals surface area (Å²) in [6.45, 7) is 17.6. The van der Waals surface area contributed by atoms with Crippen molar-refractivity contribution in [1.82, 2.24) is 14.9 Å². The maximum atomic E-state index is 12.9. The summed E-state index contributed by atoms with van der Waals surface area (Å²) in [6, 6.07) is 1.55. The first-order valence-electron chi connectivity index (χ1n) is 13.6. The van der Waals surface area contributed by atoms with E-state index in [1.165, 1.54) is 4.57 Å². The fraction of sp³-hybridized carbons (Fsp3) is 0.800. The van der Waals surface area contributed by atoms with Crippen LogP contribution in [0.3, 0.4) is 0 Å². The standard InChI is InChI=1S/C25H46N4O7Si2/c1-15(2)37(16(3)4)33-14-19-22(35-38(36-37,17(5)6)18(7)8)23(32-13-11-21(30)27-9)24(34-19)29-12-10-20(26)28-25(29)31/h10,12,15-19,22-24H,11,13-14H2,1-9H3,(H,27,30)(H2,26,28,31)/t19-,22-,23-,24-/m1/s1. The van der Waals surface area contributed by atoms with Crippen LogP contribution in [0.5, 0.6) is 0 Å². The van der Waals surface area contributed by atoms with Gasteiger partial charge in [0.2, 0.25) is 5.91 Å². The number of nitrogen functional groups attached to an aromatic ring is 1. The second-order valence-corrected chi connectivity index (χ2v) is 20.3. The molecule has 2 fully saturated rings. The zero-order chi connectivity index (χ0) is 28.4. The van der Waals surface area contributed by atoms with Crippen LogP contribution < -0.4 is 16.7 Å². The molecule has 4 atom stereocenters. The number of hydrogen-bond donors (Lipinski definition) is 2. The number of carbonyl (C=O) groups excluding carboxylic acids is 1.